The first-order valence-electron chi connectivity index (χ1n) is 25.6. The van der Waals surface area contributed by atoms with Gasteiger partial charge in [-0.25, -0.2) is 0 Å². The van der Waals surface area contributed by atoms with Crippen molar-refractivity contribution in [3.05, 3.63) is 85.1 Å². The molecule has 354 valence electrons. The highest BCUT2D eigenvalue weighted by Crippen LogP contribution is 2.13. The Hall–Kier alpha value is -3.41. The van der Waals surface area contributed by atoms with Crippen molar-refractivity contribution in [2.24, 2.45) is 0 Å². The summed E-state index contributed by atoms with van der Waals surface area (Å²) in [7, 11) is 0. The van der Waals surface area contributed by atoms with Gasteiger partial charge >= 0.3 is 17.9 Å². The molecule has 0 aliphatic carbocycles. The van der Waals surface area contributed by atoms with Gasteiger partial charge < -0.3 is 14.2 Å². The Morgan fingerprint density at radius 2 is 0.597 bits per heavy atom. The molecule has 0 aromatic heterocycles. The molecule has 0 radical (unpaired) electrons. The van der Waals surface area contributed by atoms with E-state index in [2.05, 4.69) is 106 Å². The molecule has 62 heavy (non-hydrogen) atoms. The van der Waals surface area contributed by atoms with E-state index in [1.54, 1.807) is 0 Å². The number of rotatable bonds is 45. The predicted octanol–water partition coefficient (Wildman–Crippen LogP) is 16.8. The van der Waals surface area contributed by atoms with Crippen molar-refractivity contribution >= 4 is 17.9 Å². The second kappa shape index (κ2) is 50.2. The van der Waals surface area contributed by atoms with E-state index in [0.29, 0.717) is 19.3 Å². The molecule has 0 aromatic carbocycles. The fraction of sp³-hybridized carbons (Fsp3) is 0.696. The lowest BCUT2D eigenvalue weighted by atomic mass is 10.1. The highest BCUT2D eigenvalue weighted by atomic mass is 16.6. The van der Waals surface area contributed by atoms with Gasteiger partial charge in [0, 0.05) is 19.3 Å². The Balaban J connectivity index is 4.50. The zero-order chi connectivity index (χ0) is 45.1. The van der Waals surface area contributed by atoms with Gasteiger partial charge in [-0.1, -0.05) is 202 Å². The number of carbonyl (C=O) groups excluding carboxylic acids is 3. The molecule has 0 aromatic rings. The van der Waals surface area contributed by atoms with Crippen molar-refractivity contribution in [3.8, 4) is 0 Å². The molecule has 0 spiro atoms. The lowest BCUT2D eigenvalue weighted by Gasteiger charge is -2.18. The Kier molecular flexibility index (Phi) is 47.5. The molecule has 0 N–H and O–H groups in total. The van der Waals surface area contributed by atoms with Crippen LogP contribution in [0.2, 0.25) is 0 Å². The maximum absolute atomic E-state index is 12.8. The molecule has 0 aliphatic rings. The SMILES string of the molecule is CCCCC/C=C\C/C=C\C/C=C\C/C=C\CCCC(=O)OC[C@@H](COC(=O)CCCCCCCCCCCC)OC(=O)CCCCCC/C=C\C/C=C\C/C=C\CCCCC. The van der Waals surface area contributed by atoms with Crippen LogP contribution in [0.4, 0.5) is 0 Å². The van der Waals surface area contributed by atoms with Crippen molar-refractivity contribution in [2.75, 3.05) is 13.2 Å². The van der Waals surface area contributed by atoms with Crippen molar-refractivity contribution in [2.45, 2.75) is 239 Å². The Morgan fingerprint density at radius 1 is 0.323 bits per heavy atom. The van der Waals surface area contributed by atoms with Crippen LogP contribution in [0.15, 0.2) is 85.1 Å². The molecule has 0 heterocycles. The lowest BCUT2D eigenvalue weighted by molar-refractivity contribution is -0.167. The van der Waals surface area contributed by atoms with E-state index >= 15 is 0 Å². The highest BCUT2D eigenvalue weighted by molar-refractivity contribution is 5.71. The summed E-state index contributed by atoms with van der Waals surface area (Å²) in [5, 5.41) is 0. The lowest BCUT2D eigenvalue weighted by Crippen LogP contribution is -2.30. The quantitative estimate of drug-likeness (QED) is 0.0263. The molecule has 0 fully saturated rings. The highest BCUT2D eigenvalue weighted by Gasteiger charge is 2.19. The zero-order valence-electron chi connectivity index (χ0n) is 40.4. The number of allylic oxidation sites excluding steroid dienone is 14. The van der Waals surface area contributed by atoms with E-state index in [0.717, 1.165) is 89.9 Å². The third-order valence-electron chi connectivity index (χ3n) is 10.6. The van der Waals surface area contributed by atoms with Crippen LogP contribution in [-0.2, 0) is 28.6 Å². The summed E-state index contributed by atoms with van der Waals surface area (Å²) in [5.74, 6) is -0.986. The smallest absolute Gasteiger partial charge is 0.306 e. The Bertz CT molecular complexity index is 1220. The largest absolute Gasteiger partial charge is 0.462 e. The second-order valence-corrected chi connectivity index (χ2v) is 16.7. The summed E-state index contributed by atoms with van der Waals surface area (Å²) in [4.78, 5) is 37.9. The van der Waals surface area contributed by atoms with E-state index in [-0.39, 0.29) is 37.5 Å². The number of carbonyl (C=O) groups is 3. The average molecular weight is 863 g/mol. The van der Waals surface area contributed by atoms with E-state index in [1.807, 2.05) is 0 Å². The fourth-order valence-electron chi connectivity index (χ4n) is 6.73. The third-order valence-corrected chi connectivity index (χ3v) is 10.6. The second-order valence-electron chi connectivity index (χ2n) is 16.7. The van der Waals surface area contributed by atoms with Crippen LogP contribution in [0.3, 0.4) is 0 Å². The van der Waals surface area contributed by atoms with Crippen molar-refractivity contribution < 1.29 is 28.6 Å². The minimum Gasteiger partial charge on any atom is -0.462 e. The number of ether oxygens (including phenoxy) is 3. The Morgan fingerprint density at radius 3 is 1.00 bits per heavy atom. The first-order valence-corrected chi connectivity index (χ1v) is 25.6. The van der Waals surface area contributed by atoms with E-state index in [9.17, 15) is 14.4 Å². The van der Waals surface area contributed by atoms with E-state index in [4.69, 9.17) is 14.2 Å². The zero-order valence-corrected chi connectivity index (χ0v) is 40.4. The molecule has 0 bridgehead atoms. The van der Waals surface area contributed by atoms with Gasteiger partial charge in [0.1, 0.15) is 13.2 Å². The maximum atomic E-state index is 12.8. The molecule has 0 unspecified atom stereocenters. The summed E-state index contributed by atoms with van der Waals surface area (Å²) in [5.41, 5.74) is 0. The third kappa shape index (κ3) is 47.6. The molecular formula is C56H94O6. The Labute approximate surface area is 382 Å². The number of unbranched alkanes of at least 4 members (excludes halogenated alkanes) is 20. The van der Waals surface area contributed by atoms with Gasteiger partial charge in [0.2, 0.25) is 0 Å². The number of esters is 3. The van der Waals surface area contributed by atoms with E-state index in [1.165, 1.54) is 96.3 Å². The van der Waals surface area contributed by atoms with Gasteiger partial charge in [0.15, 0.2) is 6.10 Å². The summed E-state index contributed by atoms with van der Waals surface area (Å²) < 4.78 is 16.7. The molecule has 0 saturated carbocycles. The first kappa shape index (κ1) is 58.6. The van der Waals surface area contributed by atoms with Crippen LogP contribution in [0.5, 0.6) is 0 Å². The fourth-order valence-corrected chi connectivity index (χ4v) is 6.73. The van der Waals surface area contributed by atoms with Gasteiger partial charge in [-0.3, -0.25) is 14.4 Å². The molecule has 6 nitrogen and oxygen atoms in total. The van der Waals surface area contributed by atoms with Crippen LogP contribution < -0.4 is 0 Å². The summed E-state index contributed by atoms with van der Waals surface area (Å²) in [6.45, 7) is 6.49. The summed E-state index contributed by atoms with van der Waals surface area (Å²) in [6, 6.07) is 0. The topological polar surface area (TPSA) is 78.9 Å². The van der Waals surface area contributed by atoms with Gasteiger partial charge in [-0.2, -0.15) is 0 Å². The van der Waals surface area contributed by atoms with Crippen LogP contribution >= 0.6 is 0 Å². The van der Waals surface area contributed by atoms with Crippen LogP contribution in [-0.4, -0.2) is 37.2 Å². The van der Waals surface area contributed by atoms with Crippen LogP contribution in [0.25, 0.3) is 0 Å². The van der Waals surface area contributed by atoms with Crippen molar-refractivity contribution in [1.29, 1.82) is 0 Å². The summed E-state index contributed by atoms with van der Waals surface area (Å²) >= 11 is 0. The predicted molar refractivity (Wildman–Crippen MR) is 265 cm³/mol. The van der Waals surface area contributed by atoms with Gasteiger partial charge in [-0.05, 0) is 96.3 Å². The monoisotopic (exact) mass is 863 g/mol. The molecular weight excluding hydrogens is 769 g/mol. The standard InChI is InChI=1S/C56H94O6/c1-4-7-10-13-16-19-22-24-26-28-30-32-34-37-40-43-46-49-55(58)61-52-53(51-60-54(57)48-45-42-39-36-21-18-15-12-9-6-3)62-56(59)50-47-44-41-38-35-33-31-29-27-25-23-20-17-14-11-8-5-2/h16-17,19-20,24-27,30-33,37,40,53H,4-15,18,21-23,28-29,34-36,38-39,41-52H2,1-3H3/b19-16-,20-17-,26-24-,27-25-,32-30-,33-31-,40-37-/t53-/m1/s1. The van der Waals surface area contributed by atoms with Crippen LogP contribution in [0.1, 0.15) is 233 Å². The maximum Gasteiger partial charge on any atom is 0.306 e. The van der Waals surface area contributed by atoms with E-state index < -0.39 is 6.10 Å². The van der Waals surface area contributed by atoms with Crippen molar-refractivity contribution in [1.82, 2.24) is 0 Å². The van der Waals surface area contributed by atoms with Gasteiger partial charge in [-0.15, -0.1) is 0 Å². The molecule has 0 aliphatic heterocycles. The molecule has 0 saturated heterocycles. The number of hydrogen-bond donors (Lipinski definition) is 0. The molecule has 0 amide bonds. The van der Waals surface area contributed by atoms with Gasteiger partial charge in [0.25, 0.3) is 0 Å². The minimum absolute atomic E-state index is 0.102. The normalized spacial score (nSPS) is 12.8. The van der Waals surface area contributed by atoms with Crippen molar-refractivity contribution in [3.63, 3.8) is 0 Å². The molecule has 1 atom stereocenters. The van der Waals surface area contributed by atoms with Crippen LogP contribution in [0, 0.1) is 0 Å². The number of hydrogen-bond acceptors (Lipinski definition) is 6. The van der Waals surface area contributed by atoms with Gasteiger partial charge in [0.05, 0.1) is 0 Å². The summed E-state index contributed by atoms with van der Waals surface area (Å²) in [6.07, 6.45) is 64.2. The molecule has 6 heteroatoms. The average Bonchev–Trinajstić information content (AvgIpc) is 3.27. The minimum atomic E-state index is -0.808. The first-order chi connectivity index (χ1) is 30.5. The molecule has 0 rings (SSSR count).